The van der Waals surface area contributed by atoms with Crippen molar-refractivity contribution in [2.75, 3.05) is 0 Å². The van der Waals surface area contributed by atoms with Gasteiger partial charge in [-0.3, -0.25) is 4.99 Å². The third-order valence-electron chi connectivity index (χ3n) is 4.40. The Bertz CT molecular complexity index is 774. The quantitative estimate of drug-likeness (QED) is 0.633. The van der Waals surface area contributed by atoms with E-state index in [1.165, 1.54) is 17.4 Å². The van der Waals surface area contributed by atoms with Gasteiger partial charge in [0.25, 0.3) is 0 Å². The molecule has 0 aliphatic heterocycles. The average molecular weight is 382 g/mol. The molecule has 0 saturated carbocycles. The second-order valence-corrected chi connectivity index (χ2v) is 7.22. The lowest BCUT2D eigenvalue weighted by atomic mass is 10.0. The fraction of sp³-hybridized carbons (Fsp3) is 0.474. The van der Waals surface area contributed by atoms with Gasteiger partial charge in [-0.2, -0.15) is 8.78 Å². The lowest BCUT2D eigenvalue weighted by Crippen LogP contribution is -2.37. The zero-order chi connectivity index (χ0) is 19.5. The van der Waals surface area contributed by atoms with Crippen LogP contribution in [0.5, 0.6) is 5.75 Å². The zero-order valence-corrected chi connectivity index (χ0v) is 16.4. The number of aliphatic hydroxyl groups excluding tert-OH is 1. The molecule has 4 nitrogen and oxygen atoms in total. The van der Waals surface area contributed by atoms with Crippen molar-refractivity contribution in [1.82, 2.24) is 4.98 Å². The van der Waals surface area contributed by atoms with Crippen LogP contribution in [0.3, 0.4) is 0 Å². The number of aliphatic hydroxyl groups is 1. The summed E-state index contributed by atoms with van der Waals surface area (Å²) in [5.41, 5.74) is 2.71. The molecule has 0 aliphatic rings. The van der Waals surface area contributed by atoms with Crippen molar-refractivity contribution < 1.29 is 18.6 Å². The van der Waals surface area contributed by atoms with Gasteiger partial charge in [-0.25, -0.2) is 4.98 Å². The largest absolute Gasteiger partial charge is 0.428 e. The highest BCUT2D eigenvalue weighted by Crippen LogP contribution is 2.41. The summed E-state index contributed by atoms with van der Waals surface area (Å²) in [5, 5.41) is 11.9. The van der Waals surface area contributed by atoms with Gasteiger partial charge in [0, 0.05) is 22.9 Å². The Morgan fingerprint density at radius 1 is 1.38 bits per heavy atom. The summed E-state index contributed by atoms with van der Waals surface area (Å²) < 4.78 is 32.8. The second-order valence-electron chi connectivity index (χ2n) is 6.32. The molecule has 0 amide bonds. The number of hydrogen-bond donors (Lipinski definition) is 1. The molecule has 1 heterocycles. The molecular weight excluding hydrogens is 358 g/mol. The van der Waals surface area contributed by atoms with Crippen LogP contribution in [0.1, 0.15) is 39.7 Å². The molecule has 2 rings (SSSR count). The Balaban J connectivity index is 2.59. The van der Waals surface area contributed by atoms with Crippen molar-refractivity contribution in [1.29, 1.82) is 0 Å². The second kappa shape index (κ2) is 8.22. The molecule has 142 valence electrons. The van der Waals surface area contributed by atoms with Crippen LogP contribution in [0.4, 0.5) is 14.5 Å². The number of alkyl halides is 2. The molecule has 26 heavy (non-hydrogen) atoms. The van der Waals surface area contributed by atoms with Gasteiger partial charge in [0.05, 0.1) is 0 Å². The number of halogens is 2. The van der Waals surface area contributed by atoms with E-state index < -0.39 is 12.2 Å². The van der Waals surface area contributed by atoms with Crippen LogP contribution in [-0.2, 0) is 0 Å². The third-order valence-corrected chi connectivity index (χ3v) is 5.21. The normalized spacial score (nSPS) is 15.0. The number of nitrogens with zero attached hydrogens (tertiary/aromatic N) is 2. The number of rotatable bonds is 7. The Labute approximate surface area is 156 Å². The minimum Gasteiger partial charge on any atom is -0.428 e. The third kappa shape index (κ3) is 4.45. The topological polar surface area (TPSA) is 54.7 Å². The van der Waals surface area contributed by atoms with Crippen molar-refractivity contribution in [2.45, 2.75) is 53.3 Å². The van der Waals surface area contributed by atoms with Gasteiger partial charge in [-0.1, -0.05) is 13.8 Å². The number of hydrogen-bond acceptors (Lipinski definition) is 5. The number of benzene rings is 1. The first-order valence-electron chi connectivity index (χ1n) is 8.50. The van der Waals surface area contributed by atoms with Crippen molar-refractivity contribution >= 4 is 22.7 Å². The Hall–Kier alpha value is -1.86. The summed E-state index contributed by atoms with van der Waals surface area (Å²) in [6, 6.07) is 3.15. The molecule has 0 radical (unpaired) electrons. The first-order valence-corrected chi connectivity index (χ1v) is 9.38. The molecule has 0 spiro atoms. The number of ether oxygens (including phenoxy) is 1. The Kier molecular flexibility index (Phi) is 6.47. The predicted octanol–water partition coefficient (Wildman–Crippen LogP) is 5.61. The monoisotopic (exact) mass is 382 g/mol. The van der Waals surface area contributed by atoms with Crippen molar-refractivity contribution in [2.24, 2.45) is 10.9 Å². The van der Waals surface area contributed by atoms with Gasteiger partial charge < -0.3 is 9.84 Å². The summed E-state index contributed by atoms with van der Waals surface area (Å²) in [6.07, 6.45) is -3.06. The van der Waals surface area contributed by atoms with Gasteiger partial charge in [0.15, 0.2) is 11.9 Å². The smallest absolute Gasteiger partial charge is 0.424 e. The molecule has 1 aromatic heterocycles. The van der Waals surface area contributed by atoms with Gasteiger partial charge >= 0.3 is 6.11 Å². The van der Waals surface area contributed by atoms with Crippen molar-refractivity contribution in [3.8, 4) is 16.3 Å². The van der Waals surface area contributed by atoms with Crippen molar-refractivity contribution in [3.63, 3.8) is 0 Å². The molecule has 1 aromatic carbocycles. The molecule has 0 aliphatic carbocycles. The maximum Gasteiger partial charge on any atom is 0.424 e. The van der Waals surface area contributed by atoms with Crippen LogP contribution in [0, 0.1) is 12.8 Å². The summed E-state index contributed by atoms with van der Waals surface area (Å²) in [5.74, 6) is 0.152. The Morgan fingerprint density at radius 3 is 2.62 bits per heavy atom. The summed E-state index contributed by atoms with van der Waals surface area (Å²) >= 11 is 1.46. The molecule has 2 aromatic rings. The van der Waals surface area contributed by atoms with Gasteiger partial charge in [-0.05, 0) is 50.8 Å². The lowest BCUT2D eigenvalue weighted by Gasteiger charge is -2.23. The minimum absolute atomic E-state index is 0.0589. The van der Waals surface area contributed by atoms with E-state index in [1.54, 1.807) is 12.3 Å². The van der Waals surface area contributed by atoms with Gasteiger partial charge in [0.1, 0.15) is 10.7 Å². The molecule has 2 atom stereocenters. The molecule has 1 N–H and O–H groups in total. The summed E-state index contributed by atoms with van der Waals surface area (Å²) in [6.45, 7) is 8.75. The van der Waals surface area contributed by atoms with Gasteiger partial charge in [0.2, 0.25) is 0 Å². The number of aromatic nitrogens is 1. The SMILES string of the molecule is CCC(C)/C(C)=N\c1c(OC(F)(F)C(C)O)ccc(-c2nccs2)c1C. The number of aliphatic imine (C=N–C) groups is 1. The molecule has 2 unspecified atom stereocenters. The van der Waals surface area contributed by atoms with E-state index in [-0.39, 0.29) is 11.7 Å². The lowest BCUT2D eigenvalue weighted by molar-refractivity contribution is -0.233. The average Bonchev–Trinajstić information content (AvgIpc) is 3.11. The van der Waals surface area contributed by atoms with E-state index in [2.05, 4.69) is 9.98 Å². The minimum atomic E-state index is -3.70. The van der Waals surface area contributed by atoms with Crippen LogP contribution in [0.15, 0.2) is 28.7 Å². The van der Waals surface area contributed by atoms with E-state index in [4.69, 9.17) is 4.74 Å². The van der Waals surface area contributed by atoms with Crippen LogP contribution >= 0.6 is 11.3 Å². The summed E-state index contributed by atoms with van der Waals surface area (Å²) in [7, 11) is 0. The standard InChI is InChI=1S/C19H24F2N2O2S/c1-6-11(2)13(4)23-17-12(3)15(18-22-9-10-26-18)7-8-16(17)25-19(20,21)14(5)24/h7-11,14,24H,6H2,1-5H3/b23-13-. The number of thiazole rings is 1. The molecular formula is C19H24F2N2O2S. The molecule has 7 heteroatoms. The van der Waals surface area contributed by atoms with Crippen molar-refractivity contribution in [3.05, 3.63) is 29.3 Å². The highest BCUT2D eigenvalue weighted by molar-refractivity contribution is 7.13. The van der Waals surface area contributed by atoms with Crippen LogP contribution in [0.25, 0.3) is 10.6 Å². The highest BCUT2D eigenvalue weighted by Gasteiger charge is 2.39. The summed E-state index contributed by atoms with van der Waals surface area (Å²) in [4.78, 5) is 8.89. The van der Waals surface area contributed by atoms with E-state index in [0.717, 1.165) is 29.6 Å². The highest BCUT2D eigenvalue weighted by atomic mass is 32.1. The van der Waals surface area contributed by atoms with Crippen LogP contribution < -0.4 is 4.74 Å². The first-order chi connectivity index (χ1) is 12.2. The maximum absolute atomic E-state index is 13.9. The first kappa shape index (κ1) is 20.5. The molecule has 0 bridgehead atoms. The van der Waals surface area contributed by atoms with Crippen LogP contribution in [-0.4, -0.2) is 28.0 Å². The fourth-order valence-corrected chi connectivity index (χ4v) is 3.02. The fourth-order valence-electron chi connectivity index (χ4n) is 2.30. The van der Waals surface area contributed by atoms with E-state index in [0.29, 0.717) is 11.3 Å². The van der Waals surface area contributed by atoms with Crippen LogP contribution in [0.2, 0.25) is 0 Å². The van der Waals surface area contributed by atoms with E-state index in [1.807, 2.05) is 33.1 Å². The Morgan fingerprint density at radius 2 is 2.08 bits per heavy atom. The molecule has 0 saturated heterocycles. The maximum atomic E-state index is 13.9. The zero-order valence-electron chi connectivity index (χ0n) is 15.6. The van der Waals surface area contributed by atoms with E-state index in [9.17, 15) is 13.9 Å². The van der Waals surface area contributed by atoms with Gasteiger partial charge in [-0.15, -0.1) is 11.3 Å². The molecule has 0 fully saturated rings. The predicted molar refractivity (Wildman–Crippen MR) is 102 cm³/mol. The van der Waals surface area contributed by atoms with E-state index >= 15 is 0 Å².